The number of aryl methyl sites for hydroxylation is 1. The van der Waals surface area contributed by atoms with Gasteiger partial charge in [0.1, 0.15) is 0 Å². The van der Waals surface area contributed by atoms with Crippen LogP contribution < -0.4 is 0 Å². The van der Waals surface area contributed by atoms with E-state index in [2.05, 4.69) is 0 Å². The second kappa shape index (κ2) is 8.52. The molecule has 0 heterocycles. The lowest BCUT2D eigenvalue weighted by Crippen LogP contribution is -2.70. The van der Waals surface area contributed by atoms with E-state index in [9.17, 15) is 57.1 Å². The molecule has 0 bridgehead atoms. The van der Waals surface area contributed by atoms with Gasteiger partial charge in [-0.1, -0.05) is 52.9 Å². The van der Waals surface area contributed by atoms with Gasteiger partial charge in [-0.25, -0.2) is 0 Å². The molecule has 174 valence electrons. The molecule has 0 aliphatic rings. The van der Waals surface area contributed by atoms with Gasteiger partial charge in [0.05, 0.1) is 0 Å². The molecule has 0 saturated heterocycles. The molecule has 0 aliphatic carbocycles. The summed E-state index contributed by atoms with van der Waals surface area (Å²) >= 11 is 1.14. The van der Waals surface area contributed by atoms with Gasteiger partial charge in [0.2, 0.25) is 0 Å². The van der Waals surface area contributed by atoms with Crippen LogP contribution in [-0.2, 0) is 6.42 Å². The third kappa shape index (κ3) is 4.76. The van der Waals surface area contributed by atoms with Crippen LogP contribution in [0.4, 0.5) is 57.1 Å². The Hall–Kier alpha value is -0.960. The molecular formula is C16H12F13I. The Balaban J connectivity index is 3.10. The molecule has 0 radical (unpaired) electrons. The van der Waals surface area contributed by atoms with Crippen LogP contribution in [0.15, 0.2) is 30.3 Å². The zero-order valence-electron chi connectivity index (χ0n) is 14.4. The summed E-state index contributed by atoms with van der Waals surface area (Å²) in [5.41, 5.74) is 0.538. The summed E-state index contributed by atoms with van der Waals surface area (Å²) in [6, 6.07) is 7.72. The van der Waals surface area contributed by atoms with Crippen LogP contribution in [0.1, 0.15) is 18.4 Å². The number of benzene rings is 1. The van der Waals surface area contributed by atoms with Crippen LogP contribution in [-0.4, -0.2) is 39.7 Å². The molecule has 1 rings (SSSR count). The molecule has 1 aromatic carbocycles. The largest absolute Gasteiger partial charge is 0.460 e. The quantitative estimate of drug-likeness (QED) is 0.161. The topological polar surface area (TPSA) is 0 Å². The lowest BCUT2D eigenvalue weighted by atomic mass is 9.91. The zero-order chi connectivity index (χ0) is 23.8. The van der Waals surface area contributed by atoms with E-state index in [-0.39, 0.29) is 12.8 Å². The lowest BCUT2D eigenvalue weighted by Gasteiger charge is -2.40. The Labute approximate surface area is 174 Å². The van der Waals surface area contributed by atoms with Crippen LogP contribution in [0.5, 0.6) is 0 Å². The van der Waals surface area contributed by atoms with Crippen molar-refractivity contribution < 1.29 is 57.1 Å². The monoisotopic (exact) mass is 578 g/mol. The van der Waals surface area contributed by atoms with Crippen molar-refractivity contribution >= 4 is 22.6 Å². The van der Waals surface area contributed by atoms with E-state index in [1.54, 1.807) is 18.2 Å². The molecule has 0 aromatic heterocycles. The van der Waals surface area contributed by atoms with Crippen molar-refractivity contribution in [2.45, 2.75) is 59.0 Å². The first-order valence-electron chi connectivity index (χ1n) is 7.86. The Kier molecular flexibility index (Phi) is 7.69. The number of rotatable bonds is 9. The Morgan fingerprint density at radius 2 is 1.07 bits per heavy atom. The van der Waals surface area contributed by atoms with E-state index in [1.807, 2.05) is 0 Å². The fourth-order valence-electron chi connectivity index (χ4n) is 2.28. The summed E-state index contributed by atoms with van der Waals surface area (Å²) in [5, 5.41) is 0. The van der Waals surface area contributed by atoms with Crippen LogP contribution in [0.2, 0.25) is 0 Å². The van der Waals surface area contributed by atoms with Gasteiger partial charge in [-0.05, 0) is 18.4 Å². The van der Waals surface area contributed by atoms with Gasteiger partial charge >= 0.3 is 35.8 Å². The summed E-state index contributed by atoms with van der Waals surface area (Å²) in [6.45, 7) is 0. The molecule has 0 nitrogen and oxygen atoms in total. The van der Waals surface area contributed by atoms with Crippen molar-refractivity contribution in [3.8, 4) is 0 Å². The van der Waals surface area contributed by atoms with Crippen LogP contribution in [0, 0.1) is 0 Å². The number of hydrogen-bond acceptors (Lipinski definition) is 0. The SMILES string of the molecule is FC(F)(F)C(F)(F)C(F)(F)C(F)(F)C(F)(F)C(F)(F)CC(I)CCc1ccccc1. The summed E-state index contributed by atoms with van der Waals surface area (Å²) in [4.78, 5) is 0. The van der Waals surface area contributed by atoms with Gasteiger partial charge in [0.25, 0.3) is 0 Å². The molecule has 0 aliphatic heterocycles. The fourth-order valence-corrected chi connectivity index (χ4v) is 3.14. The van der Waals surface area contributed by atoms with Crippen molar-refractivity contribution in [1.29, 1.82) is 0 Å². The molecule has 0 amide bonds. The van der Waals surface area contributed by atoms with E-state index in [0.717, 1.165) is 22.6 Å². The highest BCUT2D eigenvalue weighted by atomic mass is 127. The molecular weight excluding hydrogens is 566 g/mol. The molecule has 1 atom stereocenters. The van der Waals surface area contributed by atoms with E-state index in [0.29, 0.717) is 5.56 Å². The maximum absolute atomic E-state index is 13.8. The fraction of sp³-hybridized carbons (Fsp3) is 0.625. The molecule has 30 heavy (non-hydrogen) atoms. The average molecular weight is 578 g/mol. The van der Waals surface area contributed by atoms with E-state index in [4.69, 9.17) is 0 Å². The third-order valence-corrected chi connectivity index (χ3v) is 5.13. The Morgan fingerprint density at radius 1 is 0.633 bits per heavy atom. The van der Waals surface area contributed by atoms with Crippen LogP contribution in [0.25, 0.3) is 0 Å². The van der Waals surface area contributed by atoms with Gasteiger partial charge in [0.15, 0.2) is 0 Å². The second-order valence-electron chi connectivity index (χ2n) is 6.33. The number of alkyl halides is 14. The van der Waals surface area contributed by atoms with Gasteiger partial charge in [-0.2, -0.15) is 57.1 Å². The lowest BCUT2D eigenvalue weighted by molar-refractivity contribution is -0.440. The Morgan fingerprint density at radius 3 is 1.50 bits per heavy atom. The van der Waals surface area contributed by atoms with Crippen molar-refractivity contribution in [3.63, 3.8) is 0 Å². The predicted molar refractivity (Wildman–Crippen MR) is 88.0 cm³/mol. The van der Waals surface area contributed by atoms with Gasteiger partial charge in [0, 0.05) is 10.3 Å². The minimum Gasteiger partial charge on any atom is -0.200 e. The molecule has 1 unspecified atom stereocenters. The van der Waals surface area contributed by atoms with Gasteiger partial charge < -0.3 is 0 Å². The number of hydrogen-bond donors (Lipinski definition) is 0. The van der Waals surface area contributed by atoms with Gasteiger partial charge in [-0.15, -0.1) is 0 Å². The minimum absolute atomic E-state index is 0.00516. The van der Waals surface area contributed by atoms with Crippen molar-refractivity contribution in [3.05, 3.63) is 35.9 Å². The highest BCUT2D eigenvalue weighted by Gasteiger charge is 2.90. The highest BCUT2D eigenvalue weighted by Crippen LogP contribution is 2.61. The first-order chi connectivity index (χ1) is 13.2. The standard InChI is InChI=1S/C16H12F13I/c17-11(18,8-10(30)7-6-9-4-2-1-3-5-9)12(19,20)13(21,22)14(23,24)15(25,26)16(27,28)29/h1-5,10H,6-8H2. The second-order valence-corrected chi connectivity index (χ2v) is 8.09. The van der Waals surface area contributed by atoms with Gasteiger partial charge in [-0.3, -0.25) is 0 Å². The molecule has 0 fully saturated rings. The average Bonchev–Trinajstić information content (AvgIpc) is 2.58. The predicted octanol–water partition coefficient (Wildman–Crippen LogP) is 7.55. The maximum Gasteiger partial charge on any atom is 0.460 e. The first kappa shape index (κ1) is 27.1. The van der Waals surface area contributed by atoms with Crippen LogP contribution in [0.3, 0.4) is 0 Å². The molecule has 0 N–H and O–H groups in total. The summed E-state index contributed by atoms with van der Waals surface area (Å²) < 4.78 is 168. The van der Waals surface area contributed by atoms with Crippen molar-refractivity contribution in [2.24, 2.45) is 0 Å². The van der Waals surface area contributed by atoms with E-state index >= 15 is 0 Å². The third-order valence-electron chi connectivity index (χ3n) is 4.07. The molecule has 1 aromatic rings. The Bertz CT molecular complexity index is 697. The summed E-state index contributed by atoms with van der Waals surface area (Å²) in [7, 11) is 0. The van der Waals surface area contributed by atoms with Crippen molar-refractivity contribution in [1.82, 2.24) is 0 Å². The van der Waals surface area contributed by atoms with Crippen LogP contribution >= 0.6 is 22.6 Å². The molecule has 0 spiro atoms. The van der Waals surface area contributed by atoms with E-state index < -0.39 is 46.1 Å². The minimum atomic E-state index is -7.85. The summed E-state index contributed by atoms with van der Waals surface area (Å²) in [6.07, 6.45) is -9.89. The smallest absolute Gasteiger partial charge is 0.200 e. The van der Waals surface area contributed by atoms with E-state index in [1.165, 1.54) is 12.1 Å². The first-order valence-corrected chi connectivity index (χ1v) is 9.10. The molecule has 14 heteroatoms. The summed E-state index contributed by atoms with van der Waals surface area (Å²) in [5.74, 6) is -36.5. The zero-order valence-corrected chi connectivity index (χ0v) is 16.5. The number of halogens is 14. The normalized spacial score (nSPS) is 15.9. The maximum atomic E-state index is 13.8. The van der Waals surface area contributed by atoms with Crippen molar-refractivity contribution in [2.75, 3.05) is 0 Å². The molecule has 0 saturated carbocycles. The highest BCUT2D eigenvalue weighted by molar-refractivity contribution is 14.1.